The number of rotatable bonds is 6. The van der Waals surface area contributed by atoms with Crippen molar-refractivity contribution in [2.75, 3.05) is 11.9 Å². The van der Waals surface area contributed by atoms with Gasteiger partial charge in [0.1, 0.15) is 17.5 Å². The number of fused-ring (bicyclic) bond motifs is 1. The fourth-order valence-electron chi connectivity index (χ4n) is 3.30. The monoisotopic (exact) mass is 386 g/mol. The minimum absolute atomic E-state index is 0.229. The fraction of sp³-hybridized carbons (Fsp3) is 0.182. The summed E-state index contributed by atoms with van der Waals surface area (Å²) in [5.74, 6) is 2.18. The molecule has 2 aromatic heterocycles. The maximum absolute atomic E-state index is 8.74. The lowest BCUT2D eigenvalue weighted by atomic mass is 10.1. The van der Waals surface area contributed by atoms with E-state index in [9.17, 15) is 0 Å². The summed E-state index contributed by atoms with van der Waals surface area (Å²) in [5.41, 5.74) is 6.21. The zero-order valence-corrected chi connectivity index (χ0v) is 16.4. The van der Waals surface area contributed by atoms with Crippen molar-refractivity contribution in [3.05, 3.63) is 83.7 Å². The smallest absolute Gasteiger partial charge is 0.144 e. The Bertz CT molecular complexity index is 1130. The molecule has 0 radical (unpaired) electrons. The predicted molar refractivity (Wildman–Crippen MR) is 112 cm³/mol. The molecule has 0 bridgehead atoms. The Balaban J connectivity index is 1.62. The molecule has 0 fully saturated rings. The van der Waals surface area contributed by atoms with Crippen LogP contribution in [0.1, 0.15) is 22.8 Å². The summed E-state index contributed by atoms with van der Waals surface area (Å²) in [6.07, 6.45) is 4.30. The Hall–Kier alpha value is -3.42. The van der Waals surface area contributed by atoms with E-state index < -0.39 is 0 Å². The molecule has 0 aliphatic rings. The maximum atomic E-state index is 8.74. The minimum atomic E-state index is 0.229. The number of nitrogens with one attached hydrogen (secondary N) is 1. The molecule has 0 aliphatic carbocycles. The average molecular weight is 386 g/mol. The van der Waals surface area contributed by atoms with Gasteiger partial charge in [-0.2, -0.15) is 5.48 Å². The number of hydrogen-bond donors (Lipinski definition) is 2. The predicted octanol–water partition coefficient (Wildman–Crippen LogP) is 3.57. The quantitative estimate of drug-likeness (QED) is 0.490. The molecule has 7 heteroatoms. The van der Waals surface area contributed by atoms with E-state index in [4.69, 9.17) is 5.21 Å². The molecule has 4 rings (SSSR count). The highest BCUT2D eigenvalue weighted by molar-refractivity contribution is 5.91. The first kappa shape index (κ1) is 18.9. The molecule has 0 aliphatic heterocycles. The van der Waals surface area contributed by atoms with Crippen molar-refractivity contribution in [1.29, 1.82) is 0 Å². The largest absolute Gasteiger partial charge is 0.329 e. The van der Waals surface area contributed by atoms with Crippen molar-refractivity contribution in [2.24, 2.45) is 0 Å². The van der Waals surface area contributed by atoms with Crippen LogP contribution >= 0.6 is 0 Å². The molecule has 0 atom stereocenters. The highest BCUT2D eigenvalue weighted by Crippen LogP contribution is 2.29. The van der Waals surface area contributed by atoms with Crippen molar-refractivity contribution >= 4 is 22.4 Å². The molecule has 146 valence electrons. The lowest BCUT2D eigenvalue weighted by Crippen LogP contribution is -2.13. The second kappa shape index (κ2) is 8.30. The molecule has 0 amide bonds. The number of hydrogen-bond acceptors (Lipinski definition) is 7. The summed E-state index contributed by atoms with van der Waals surface area (Å²) in [5, 5.41) is 9.76. The summed E-state index contributed by atoms with van der Waals surface area (Å²) in [6.45, 7) is 2.14. The molecule has 7 nitrogen and oxygen atoms in total. The van der Waals surface area contributed by atoms with Crippen molar-refractivity contribution in [2.45, 2.75) is 19.9 Å². The van der Waals surface area contributed by atoms with Gasteiger partial charge in [-0.1, -0.05) is 24.3 Å². The third kappa shape index (κ3) is 4.21. The van der Waals surface area contributed by atoms with Crippen LogP contribution in [0.15, 0.2) is 60.9 Å². The van der Waals surface area contributed by atoms with E-state index in [0.717, 1.165) is 45.8 Å². The number of nitrogens with zero attached hydrogens (tertiary/aromatic N) is 5. The molecular weight excluding hydrogens is 364 g/mol. The third-order valence-electron chi connectivity index (χ3n) is 4.71. The first-order valence-electron chi connectivity index (χ1n) is 9.37. The molecule has 4 aromatic rings. The van der Waals surface area contributed by atoms with E-state index >= 15 is 0 Å². The van der Waals surface area contributed by atoms with E-state index in [1.165, 1.54) is 0 Å². The number of aromatic nitrogens is 4. The third-order valence-corrected chi connectivity index (χ3v) is 4.71. The normalized spacial score (nSPS) is 11.0. The highest BCUT2D eigenvalue weighted by atomic mass is 16.5. The van der Waals surface area contributed by atoms with E-state index in [1.807, 2.05) is 44.3 Å². The van der Waals surface area contributed by atoms with Crippen LogP contribution in [0.5, 0.6) is 0 Å². The molecular formula is C22H22N6O. The molecule has 0 unspecified atom stereocenters. The second-order valence-corrected chi connectivity index (χ2v) is 6.86. The van der Waals surface area contributed by atoms with Gasteiger partial charge in [0.15, 0.2) is 0 Å². The van der Waals surface area contributed by atoms with Gasteiger partial charge in [0.25, 0.3) is 0 Å². The molecule has 29 heavy (non-hydrogen) atoms. The van der Waals surface area contributed by atoms with Crippen molar-refractivity contribution in [3.8, 4) is 0 Å². The van der Waals surface area contributed by atoms with E-state index in [0.29, 0.717) is 5.82 Å². The topological polar surface area (TPSA) is 87.1 Å². The van der Waals surface area contributed by atoms with E-state index in [-0.39, 0.29) is 6.54 Å². The van der Waals surface area contributed by atoms with Crippen LogP contribution in [0.3, 0.4) is 0 Å². The average Bonchev–Trinajstić information content (AvgIpc) is 2.74. The zero-order chi connectivity index (χ0) is 20.2. The zero-order valence-electron chi connectivity index (χ0n) is 16.4. The summed E-state index contributed by atoms with van der Waals surface area (Å²) < 4.78 is 0. The minimum Gasteiger partial charge on any atom is -0.329 e. The van der Waals surface area contributed by atoms with Crippen LogP contribution in [0, 0.1) is 6.92 Å². The number of benzene rings is 2. The van der Waals surface area contributed by atoms with E-state index in [2.05, 4.69) is 48.5 Å². The Kier molecular flexibility index (Phi) is 5.41. The first-order valence-corrected chi connectivity index (χ1v) is 9.37. The first-order chi connectivity index (χ1) is 14.1. The van der Waals surface area contributed by atoms with Gasteiger partial charge in [0.2, 0.25) is 0 Å². The van der Waals surface area contributed by atoms with E-state index in [1.54, 1.807) is 12.4 Å². The number of para-hydroxylation sites is 1. The Morgan fingerprint density at radius 2 is 1.76 bits per heavy atom. The second-order valence-electron chi connectivity index (χ2n) is 6.86. The molecule has 0 spiro atoms. The van der Waals surface area contributed by atoms with Crippen molar-refractivity contribution in [3.63, 3.8) is 0 Å². The van der Waals surface area contributed by atoms with Gasteiger partial charge >= 0.3 is 0 Å². The van der Waals surface area contributed by atoms with Crippen molar-refractivity contribution < 1.29 is 5.21 Å². The molecule has 0 saturated heterocycles. The van der Waals surface area contributed by atoms with Crippen LogP contribution in [0.4, 0.5) is 11.5 Å². The molecule has 2 aromatic carbocycles. The van der Waals surface area contributed by atoms with Gasteiger partial charge in [-0.15, -0.1) is 0 Å². The standard InChI is InChI=1S/C22H22N6O/c1-15-26-20-9-4-3-8-19(20)22(27-15)28(2)18-7-5-6-16(11-18)10-17-12-23-21(14-25-29)24-13-17/h3-9,11-13,25,29H,10,14H2,1-2H3. The van der Waals surface area contributed by atoms with Gasteiger partial charge in [0, 0.05) is 36.9 Å². The number of aryl methyl sites for hydroxylation is 1. The number of hydroxylamine groups is 1. The van der Waals surface area contributed by atoms with Gasteiger partial charge in [-0.3, -0.25) is 0 Å². The molecule has 0 saturated carbocycles. The van der Waals surface area contributed by atoms with Crippen LogP contribution in [0.25, 0.3) is 10.9 Å². The van der Waals surface area contributed by atoms with Gasteiger partial charge < -0.3 is 10.1 Å². The fourth-order valence-corrected chi connectivity index (χ4v) is 3.30. The van der Waals surface area contributed by atoms with Crippen LogP contribution < -0.4 is 10.4 Å². The van der Waals surface area contributed by atoms with Crippen LogP contribution in [-0.4, -0.2) is 32.2 Å². The lowest BCUT2D eigenvalue weighted by Gasteiger charge is -2.21. The summed E-state index contributed by atoms with van der Waals surface area (Å²) in [4.78, 5) is 19.8. The van der Waals surface area contributed by atoms with Crippen LogP contribution in [-0.2, 0) is 13.0 Å². The summed E-state index contributed by atoms with van der Waals surface area (Å²) >= 11 is 0. The Labute approximate surface area is 169 Å². The summed E-state index contributed by atoms with van der Waals surface area (Å²) in [6, 6.07) is 16.4. The Morgan fingerprint density at radius 1 is 0.966 bits per heavy atom. The van der Waals surface area contributed by atoms with Gasteiger partial charge in [-0.25, -0.2) is 19.9 Å². The SMILES string of the molecule is Cc1nc(N(C)c2cccc(Cc3cnc(CNO)nc3)c2)c2ccccc2n1. The van der Waals surface area contributed by atoms with Crippen LogP contribution in [0.2, 0.25) is 0 Å². The molecule has 2 N–H and O–H groups in total. The molecule has 2 heterocycles. The summed E-state index contributed by atoms with van der Waals surface area (Å²) in [7, 11) is 2.02. The van der Waals surface area contributed by atoms with Gasteiger partial charge in [-0.05, 0) is 42.3 Å². The van der Waals surface area contributed by atoms with Crippen molar-refractivity contribution in [1.82, 2.24) is 25.4 Å². The Morgan fingerprint density at radius 3 is 2.55 bits per heavy atom. The van der Waals surface area contributed by atoms with Gasteiger partial charge in [0.05, 0.1) is 12.1 Å². The maximum Gasteiger partial charge on any atom is 0.144 e. The lowest BCUT2D eigenvalue weighted by molar-refractivity contribution is 0.158. The highest BCUT2D eigenvalue weighted by Gasteiger charge is 2.12. The number of anilines is 2.